The van der Waals surface area contributed by atoms with Crippen molar-refractivity contribution in [2.24, 2.45) is 0 Å². The first-order valence-corrected chi connectivity index (χ1v) is 4.28. The van der Waals surface area contributed by atoms with Gasteiger partial charge in [-0.2, -0.15) is 0 Å². The van der Waals surface area contributed by atoms with E-state index in [9.17, 15) is 4.39 Å². The first-order valence-electron chi connectivity index (χ1n) is 4.28. The van der Waals surface area contributed by atoms with E-state index in [2.05, 4.69) is 10.3 Å². The number of nitrogens with one attached hydrogen (secondary N) is 1. The van der Waals surface area contributed by atoms with E-state index in [-0.39, 0.29) is 5.82 Å². The van der Waals surface area contributed by atoms with Crippen LogP contribution in [0, 0.1) is 5.82 Å². The molecule has 0 fully saturated rings. The summed E-state index contributed by atoms with van der Waals surface area (Å²) in [5, 5.41) is 2.99. The van der Waals surface area contributed by atoms with Crippen LogP contribution in [-0.2, 0) is 0 Å². The normalized spacial score (nSPS) is 9.79. The molecule has 2 aromatic rings. The standard InChI is InChI=1S/C11H9FN2/c12-9-4-3-5-10(8-9)14-11-6-1-2-7-13-11/h1-8H,(H,13,14). The summed E-state index contributed by atoms with van der Waals surface area (Å²) in [5.41, 5.74) is 0.698. The van der Waals surface area contributed by atoms with E-state index in [4.69, 9.17) is 0 Å². The number of nitrogens with zero attached hydrogens (tertiary/aromatic N) is 1. The number of hydrogen-bond acceptors (Lipinski definition) is 2. The zero-order valence-electron chi connectivity index (χ0n) is 7.44. The van der Waals surface area contributed by atoms with Crippen molar-refractivity contribution in [1.82, 2.24) is 4.98 Å². The Hall–Kier alpha value is -1.90. The topological polar surface area (TPSA) is 24.9 Å². The van der Waals surface area contributed by atoms with E-state index in [1.165, 1.54) is 12.1 Å². The minimum atomic E-state index is -0.258. The lowest BCUT2D eigenvalue weighted by Crippen LogP contribution is -1.92. The lowest BCUT2D eigenvalue weighted by atomic mass is 10.3. The molecule has 0 spiro atoms. The zero-order valence-corrected chi connectivity index (χ0v) is 7.44. The first-order chi connectivity index (χ1) is 6.84. The van der Waals surface area contributed by atoms with Crippen LogP contribution < -0.4 is 5.32 Å². The van der Waals surface area contributed by atoms with E-state index in [1.807, 2.05) is 18.2 Å². The SMILES string of the molecule is Fc1cccc(Nc2ccccn2)c1. The Morgan fingerprint density at radius 1 is 1.07 bits per heavy atom. The molecule has 0 aliphatic carbocycles. The molecule has 1 aromatic carbocycles. The Balaban J connectivity index is 2.19. The van der Waals surface area contributed by atoms with Crippen molar-refractivity contribution in [2.75, 3.05) is 5.32 Å². The molecule has 0 amide bonds. The van der Waals surface area contributed by atoms with Crippen molar-refractivity contribution in [2.45, 2.75) is 0 Å². The number of hydrogen-bond donors (Lipinski definition) is 1. The second kappa shape index (κ2) is 3.87. The molecule has 0 saturated heterocycles. The second-order valence-corrected chi connectivity index (χ2v) is 2.85. The van der Waals surface area contributed by atoms with Gasteiger partial charge in [-0.3, -0.25) is 0 Å². The van der Waals surface area contributed by atoms with Crippen molar-refractivity contribution >= 4 is 11.5 Å². The van der Waals surface area contributed by atoms with Gasteiger partial charge in [-0.15, -0.1) is 0 Å². The Kier molecular flexibility index (Phi) is 2.40. The molecule has 14 heavy (non-hydrogen) atoms. The highest BCUT2D eigenvalue weighted by Gasteiger charge is 1.95. The highest BCUT2D eigenvalue weighted by Crippen LogP contribution is 2.14. The molecule has 1 heterocycles. The summed E-state index contributed by atoms with van der Waals surface area (Å²) in [6.45, 7) is 0. The van der Waals surface area contributed by atoms with Gasteiger partial charge in [0.2, 0.25) is 0 Å². The first kappa shape index (κ1) is 8.69. The van der Waals surface area contributed by atoms with E-state index in [0.717, 1.165) is 0 Å². The lowest BCUT2D eigenvalue weighted by Gasteiger charge is -2.04. The van der Waals surface area contributed by atoms with Crippen LogP contribution in [-0.4, -0.2) is 4.98 Å². The molecular formula is C11H9FN2. The summed E-state index contributed by atoms with van der Waals surface area (Å²) < 4.78 is 12.8. The van der Waals surface area contributed by atoms with Crippen LogP contribution >= 0.6 is 0 Å². The minimum absolute atomic E-state index is 0.258. The summed E-state index contributed by atoms with van der Waals surface area (Å²) in [5.74, 6) is 0.448. The Morgan fingerprint density at radius 3 is 2.71 bits per heavy atom. The second-order valence-electron chi connectivity index (χ2n) is 2.85. The van der Waals surface area contributed by atoms with Crippen molar-refractivity contribution < 1.29 is 4.39 Å². The van der Waals surface area contributed by atoms with Gasteiger partial charge in [0.15, 0.2) is 0 Å². The summed E-state index contributed by atoms with van der Waals surface area (Å²) >= 11 is 0. The van der Waals surface area contributed by atoms with Crippen LogP contribution in [0.1, 0.15) is 0 Å². The molecule has 0 aliphatic heterocycles. The van der Waals surface area contributed by atoms with Gasteiger partial charge < -0.3 is 5.32 Å². The maximum Gasteiger partial charge on any atom is 0.130 e. The van der Waals surface area contributed by atoms with E-state index in [1.54, 1.807) is 18.3 Å². The molecule has 0 radical (unpaired) electrons. The molecule has 1 N–H and O–H groups in total. The fraction of sp³-hybridized carbons (Fsp3) is 0. The summed E-state index contributed by atoms with van der Waals surface area (Å²) in [7, 11) is 0. The maximum atomic E-state index is 12.8. The van der Waals surface area contributed by atoms with Gasteiger partial charge >= 0.3 is 0 Å². The van der Waals surface area contributed by atoms with Gasteiger partial charge in [0, 0.05) is 11.9 Å². The molecule has 1 aromatic heterocycles. The summed E-state index contributed by atoms with van der Waals surface area (Å²) in [6, 6.07) is 11.8. The molecule has 0 aliphatic rings. The van der Waals surface area contributed by atoms with Gasteiger partial charge in [-0.05, 0) is 30.3 Å². The number of halogens is 1. The maximum absolute atomic E-state index is 12.8. The van der Waals surface area contributed by atoms with Crippen molar-refractivity contribution in [3.8, 4) is 0 Å². The molecule has 0 bridgehead atoms. The minimum Gasteiger partial charge on any atom is -0.340 e. The predicted molar refractivity (Wildman–Crippen MR) is 53.9 cm³/mol. The Labute approximate surface area is 81.4 Å². The van der Waals surface area contributed by atoms with E-state index >= 15 is 0 Å². The third-order valence-corrected chi connectivity index (χ3v) is 1.76. The predicted octanol–water partition coefficient (Wildman–Crippen LogP) is 2.96. The number of aromatic nitrogens is 1. The van der Waals surface area contributed by atoms with Gasteiger partial charge in [0.05, 0.1) is 0 Å². The van der Waals surface area contributed by atoms with Crippen molar-refractivity contribution in [1.29, 1.82) is 0 Å². The Bertz CT molecular complexity index is 415. The molecule has 0 unspecified atom stereocenters. The number of rotatable bonds is 2. The quantitative estimate of drug-likeness (QED) is 0.783. The lowest BCUT2D eigenvalue weighted by molar-refractivity contribution is 0.628. The Morgan fingerprint density at radius 2 is 2.00 bits per heavy atom. The molecular weight excluding hydrogens is 179 g/mol. The van der Waals surface area contributed by atoms with E-state index in [0.29, 0.717) is 11.5 Å². The largest absolute Gasteiger partial charge is 0.340 e. The van der Waals surface area contributed by atoms with Gasteiger partial charge in [0.25, 0.3) is 0 Å². The highest BCUT2D eigenvalue weighted by molar-refractivity contribution is 5.55. The van der Waals surface area contributed by atoms with Crippen LogP contribution in [0.25, 0.3) is 0 Å². The molecule has 2 nitrogen and oxygen atoms in total. The van der Waals surface area contributed by atoms with Crippen LogP contribution in [0.3, 0.4) is 0 Å². The van der Waals surface area contributed by atoms with Gasteiger partial charge in [-0.25, -0.2) is 9.37 Å². The molecule has 0 saturated carbocycles. The monoisotopic (exact) mass is 188 g/mol. The third kappa shape index (κ3) is 2.07. The average molecular weight is 188 g/mol. The average Bonchev–Trinajstić information content (AvgIpc) is 2.19. The molecule has 3 heteroatoms. The van der Waals surface area contributed by atoms with Crippen LogP contribution in [0.5, 0.6) is 0 Å². The van der Waals surface area contributed by atoms with Crippen molar-refractivity contribution in [3.05, 3.63) is 54.5 Å². The number of benzene rings is 1. The van der Waals surface area contributed by atoms with Crippen LogP contribution in [0.4, 0.5) is 15.9 Å². The van der Waals surface area contributed by atoms with Crippen LogP contribution in [0.15, 0.2) is 48.7 Å². The van der Waals surface area contributed by atoms with Crippen molar-refractivity contribution in [3.63, 3.8) is 0 Å². The third-order valence-electron chi connectivity index (χ3n) is 1.76. The summed E-state index contributed by atoms with van der Waals surface area (Å²) in [6.07, 6.45) is 1.68. The smallest absolute Gasteiger partial charge is 0.130 e. The molecule has 70 valence electrons. The summed E-state index contributed by atoms with van der Waals surface area (Å²) in [4.78, 5) is 4.07. The number of anilines is 2. The van der Waals surface area contributed by atoms with Gasteiger partial charge in [-0.1, -0.05) is 12.1 Å². The number of pyridine rings is 1. The molecule has 2 rings (SSSR count). The highest BCUT2D eigenvalue weighted by atomic mass is 19.1. The van der Waals surface area contributed by atoms with E-state index < -0.39 is 0 Å². The fourth-order valence-corrected chi connectivity index (χ4v) is 1.15. The van der Waals surface area contributed by atoms with Gasteiger partial charge in [0.1, 0.15) is 11.6 Å². The van der Waals surface area contributed by atoms with Crippen LogP contribution in [0.2, 0.25) is 0 Å². The molecule has 0 atom stereocenters. The zero-order chi connectivity index (χ0) is 9.80. The fourth-order valence-electron chi connectivity index (χ4n) is 1.15.